The van der Waals surface area contributed by atoms with E-state index in [4.69, 9.17) is 4.42 Å². The van der Waals surface area contributed by atoms with E-state index >= 15 is 0 Å². The molecule has 1 fully saturated rings. The molecular weight excluding hydrogens is 140 g/mol. The molecule has 1 aliphatic carbocycles. The van der Waals surface area contributed by atoms with Gasteiger partial charge in [0.1, 0.15) is 5.76 Å². The van der Waals surface area contributed by atoms with Crippen molar-refractivity contribution in [3.05, 3.63) is 24.2 Å². The van der Waals surface area contributed by atoms with Crippen LogP contribution in [0.15, 0.2) is 22.8 Å². The lowest BCUT2D eigenvalue weighted by Gasteiger charge is -2.14. The van der Waals surface area contributed by atoms with Gasteiger partial charge < -0.3 is 9.52 Å². The Kier molecular flexibility index (Phi) is 1.33. The fourth-order valence-electron chi connectivity index (χ4n) is 1.57. The second kappa shape index (κ2) is 2.11. The second-order valence-corrected chi connectivity index (χ2v) is 3.31. The summed E-state index contributed by atoms with van der Waals surface area (Å²) in [6.45, 7) is 1.83. The topological polar surface area (TPSA) is 33.4 Å². The summed E-state index contributed by atoms with van der Waals surface area (Å²) in [6.07, 6.45) is 3.49. The molecule has 1 unspecified atom stereocenters. The second-order valence-electron chi connectivity index (χ2n) is 3.31. The molecule has 1 aromatic heterocycles. The van der Waals surface area contributed by atoms with Crippen LogP contribution < -0.4 is 0 Å². The normalized spacial score (nSPS) is 23.1. The third-order valence-electron chi connectivity index (χ3n) is 2.60. The van der Waals surface area contributed by atoms with Gasteiger partial charge in [0.05, 0.1) is 17.8 Å². The van der Waals surface area contributed by atoms with E-state index < -0.39 is 0 Å². The average molecular weight is 152 g/mol. The summed E-state index contributed by atoms with van der Waals surface area (Å²) < 4.78 is 5.26. The van der Waals surface area contributed by atoms with E-state index in [2.05, 4.69) is 0 Å². The fraction of sp³-hybridized carbons (Fsp3) is 0.556. The van der Waals surface area contributed by atoms with Gasteiger partial charge in [-0.3, -0.25) is 0 Å². The molecular formula is C9H12O2. The van der Waals surface area contributed by atoms with Crippen molar-refractivity contribution >= 4 is 0 Å². The molecule has 1 aliphatic rings. The number of aliphatic hydroxyl groups excluding tert-OH is 1. The molecule has 0 spiro atoms. The molecule has 0 amide bonds. The fourth-order valence-corrected chi connectivity index (χ4v) is 1.57. The highest BCUT2D eigenvalue weighted by molar-refractivity contribution is 5.24. The van der Waals surface area contributed by atoms with Gasteiger partial charge in [-0.25, -0.2) is 0 Å². The van der Waals surface area contributed by atoms with Crippen LogP contribution in [0, 0.1) is 0 Å². The van der Waals surface area contributed by atoms with Crippen LogP contribution in [0.25, 0.3) is 0 Å². The van der Waals surface area contributed by atoms with E-state index in [1.165, 1.54) is 0 Å². The van der Waals surface area contributed by atoms with Gasteiger partial charge in [-0.15, -0.1) is 0 Å². The minimum atomic E-state index is -0.284. The number of aliphatic hydroxyl groups is 1. The lowest BCUT2D eigenvalue weighted by molar-refractivity contribution is 0.138. The van der Waals surface area contributed by atoms with Crippen molar-refractivity contribution in [2.75, 3.05) is 0 Å². The summed E-state index contributed by atoms with van der Waals surface area (Å²) in [5.74, 6) is 0.938. The Morgan fingerprint density at radius 2 is 2.36 bits per heavy atom. The number of hydrogen-bond acceptors (Lipinski definition) is 2. The molecule has 0 aliphatic heterocycles. The first-order chi connectivity index (χ1) is 5.26. The van der Waals surface area contributed by atoms with Crippen LogP contribution in [0.1, 0.15) is 25.5 Å². The maximum atomic E-state index is 9.45. The van der Waals surface area contributed by atoms with Crippen LogP contribution in [0.5, 0.6) is 0 Å². The maximum Gasteiger partial charge on any atom is 0.112 e. The molecule has 2 nitrogen and oxygen atoms in total. The zero-order chi connectivity index (χ0) is 7.90. The molecule has 1 aromatic rings. The predicted octanol–water partition coefficient (Wildman–Crippen LogP) is 1.69. The van der Waals surface area contributed by atoms with Gasteiger partial charge >= 0.3 is 0 Å². The minimum absolute atomic E-state index is 0.0382. The number of furan rings is 1. The molecule has 0 bridgehead atoms. The van der Waals surface area contributed by atoms with E-state index in [-0.39, 0.29) is 11.5 Å². The minimum Gasteiger partial charge on any atom is -0.469 e. The standard InChI is InChI=1S/C9H12O2/c1-7(10)9(4-5-9)8-3-2-6-11-8/h2-3,6-7,10H,4-5H2,1H3. The first-order valence-electron chi connectivity index (χ1n) is 3.98. The largest absolute Gasteiger partial charge is 0.469 e. The predicted molar refractivity (Wildman–Crippen MR) is 41.3 cm³/mol. The van der Waals surface area contributed by atoms with Gasteiger partial charge in [-0.1, -0.05) is 0 Å². The van der Waals surface area contributed by atoms with Crippen molar-refractivity contribution in [2.45, 2.75) is 31.3 Å². The van der Waals surface area contributed by atoms with Gasteiger partial charge in [0.25, 0.3) is 0 Å². The van der Waals surface area contributed by atoms with Crippen LogP contribution >= 0.6 is 0 Å². The van der Waals surface area contributed by atoms with Gasteiger partial charge in [-0.05, 0) is 31.9 Å². The molecule has 0 aromatic carbocycles. The van der Waals surface area contributed by atoms with Gasteiger partial charge in [0.2, 0.25) is 0 Å². The summed E-state index contributed by atoms with van der Waals surface area (Å²) in [5, 5.41) is 9.45. The molecule has 1 heterocycles. The van der Waals surface area contributed by atoms with E-state index in [9.17, 15) is 5.11 Å². The van der Waals surface area contributed by atoms with Crippen molar-refractivity contribution in [1.82, 2.24) is 0 Å². The lowest BCUT2D eigenvalue weighted by Crippen LogP contribution is -2.21. The molecule has 60 valence electrons. The summed E-state index contributed by atoms with van der Waals surface area (Å²) in [4.78, 5) is 0. The monoisotopic (exact) mass is 152 g/mol. The highest BCUT2D eigenvalue weighted by atomic mass is 16.3. The highest BCUT2D eigenvalue weighted by Gasteiger charge is 2.50. The van der Waals surface area contributed by atoms with E-state index in [1.54, 1.807) is 6.26 Å². The molecule has 1 atom stereocenters. The number of rotatable bonds is 2. The average Bonchev–Trinajstić information content (AvgIpc) is 2.61. The molecule has 1 N–H and O–H groups in total. The molecule has 0 radical (unpaired) electrons. The Hall–Kier alpha value is -0.760. The maximum absolute atomic E-state index is 9.45. The molecule has 11 heavy (non-hydrogen) atoms. The Balaban J connectivity index is 2.29. The summed E-state index contributed by atoms with van der Waals surface area (Å²) >= 11 is 0. The molecule has 0 saturated heterocycles. The van der Waals surface area contributed by atoms with Gasteiger partial charge in [0.15, 0.2) is 0 Å². The Labute approximate surface area is 65.8 Å². The highest BCUT2D eigenvalue weighted by Crippen LogP contribution is 2.50. The van der Waals surface area contributed by atoms with Gasteiger partial charge in [-0.2, -0.15) is 0 Å². The van der Waals surface area contributed by atoms with Crippen LogP contribution in [-0.2, 0) is 5.41 Å². The zero-order valence-corrected chi connectivity index (χ0v) is 6.58. The first kappa shape index (κ1) is 6.92. The Morgan fingerprint density at radius 3 is 2.73 bits per heavy atom. The van der Waals surface area contributed by atoms with Crippen molar-refractivity contribution in [2.24, 2.45) is 0 Å². The lowest BCUT2D eigenvalue weighted by atomic mass is 9.98. The van der Waals surface area contributed by atoms with Crippen LogP contribution in [0.2, 0.25) is 0 Å². The third kappa shape index (κ3) is 0.897. The van der Waals surface area contributed by atoms with E-state index in [0.29, 0.717) is 0 Å². The number of hydrogen-bond donors (Lipinski definition) is 1. The quantitative estimate of drug-likeness (QED) is 0.699. The third-order valence-corrected chi connectivity index (χ3v) is 2.60. The summed E-state index contributed by atoms with van der Waals surface area (Å²) in [7, 11) is 0. The van der Waals surface area contributed by atoms with Crippen molar-refractivity contribution in [3.63, 3.8) is 0 Å². The summed E-state index contributed by atoms with van der Waals surface area (Å²) in [6, 6.07) is 3.82. The van der Waals surface area contributed by atoms with Crippen LogP contribution in [0.3, 0.4) is 0 Å². The zero-order valence-electron chi connectivity index (χ0n) is 6.58. The molecule has 2 heteroatoms. The van der Waals surface area contributed by atoms with Crippen LogP contribution in [0.4, 0.5) is 0 Å². The molecule has 2 rings (SSSR count). The van der Waals surface area contributed by atoms with Crippen molar-refractivity contribution < 1.29 is 9.52 Å². The Morgan fingerprint density at radius 1 is 1.64 bits per heavy atom. The van der Waals surface area contributed by atoms with E-state index in [1.807, 2.05) is 19.1 Å². The SMILES string of the molecule is CC(O)C1(c2ccco2)CC1. The van der Waals surface area contributed by atoms with Crippen molar-refractivity contribution in [1.29, 1.82) is 0 Å². The van der Waals surface area contributed by atoms with Crippen molar-refractivity contribution in [3.8, 4) is 0 Å². The Bertz CT molecular complexity index is 232. The molecule has 1 saturated carbocycles. The van der Waals surface area contributed by atoms with Crippen LogP contribution in [-0.4, -0.2) is 11.2 Å². The van der Waals surface area contributed by atoms with Gasteiger partial charge in [0, 0.05) is 0 Å². The first-order valence-corrected chi connectivity index (χ1v) is 3.98. The van der Waals surface area contributed by atoms with E-state index in [0.717, 1.165) is 18.6 Å². The smallest absolute Gasteiger partial charge is 0.112 e. The summed E-state index contributed by atoms with van der Waals surface area (Å²) in [5.41, 5.74) is -0.0382.